The Labute approximate surface area is 116 Å². The second kappa shape index (κ2) is 4.63. The van der Waals surface area contributed by atoms with Crippen LogP contribution in [0.25, 0.3) is 0 Å². The number of nitrogens with one attached hydrogen (secondary N) is 1. The number of hydrogen-bond donors (Lipinski definition) is 2. The second-order valence-electron chi connectivity index (χ2n) is 5.11. The third-order valence-electron chi connectivity index (χ3n) is 3.60. The maximum absolute atomic E-state index is 13.5. The van der Waals surface area contributed by atoms with Gasteiger partial charge in [0.25, 0.3) is 0 Å². The molecule has 1 saturated carbocycles. The summed E-state index contributed by atoms with van der Waals surface area (Å²) < 4.78 is 13.5. The second-order valence-corrected chi connectivity index (χ2v) is 5.11. The number of aromatic carboxylic acids is 1. The standard InChI is InChI=1S/C16H14FNO2/c17-13-8-11(15(19)20)9-14(10-13)18-16(6-7-16)12-4-2-1-3-5-12/h1-5,8-10,18H,6-7H2,(H,19,20). The predicted molar refractivity (Wildman–Crippen MR) is 74.3 cm³/mol. The first-order valence-electron chi connectivity index (χ1n) is 6.47. The minimum absolute atomic E-state index is 0.0450. The van der Waals surface area contributed by atoms with Crippen molar-refractivity contribution < 1.29 is 14.3 Å². The van der Waals surface area contributed by atoms with Crippen LogP contribution in [0.15, 0.2) is 48.5 Å². The molecule has 0 aromatic heterocycles. The Morgan fingerprint density at radius 1 is 1.15 bits per heavy atom. The number of benzene rings is 2. The monoisotopic (exact) mass is 271 g/mol. The Kier molecular flexibility index (Phi) is 2.93. The molecule has 0 saturated heterocycles. The van der Waals surface area contributed by atoms with E-state index in [2.05, 4.69) is 5.32 Å². The topological polar surface area (TPSA) is 49.3 Å². The highest BCUT2D eigenvalue weighted by molar-refractivity contribution is 5.88. The Morgan fingerprint density at radius 2 is 1.85 bits per heavy atom. The molecule has 0 unspecified atom stereocenters. The Hall–Kier alpha value is -2.36. The first-order chi connectivity index (χ1) is 9.59. The molecule has 0 amide bonds. The third kappa shape index (κ3) is 2.37. The van der Waals surface area contributed by atoms with Crippen molar-refractivity contribution in [2.24, 2.45) is 0 Å². The fourth-order valence-electron chi connectivity index (χ4n) is 2.43. The molecule has 4 heteroatoms. The van der Waals surface area contributed by atoms with Crippen LogP contribution in [-0.2, 0) is 5.54 Å². The molecule has 0 heterocycles. The molecule has 2 aromatic rings. The molecule has 3 nitrogen and oxygen atoms in total. The molecule has 0 bridgehead atoms. The van der Waals surface area contributed by atoms with E-state index >= 15 is 0 Å². The maximum Gasteiger partial charge on any atom is 0.335 e. The Bertz CT molecular complexity index is 651. The van der Waals surface area contributed by atoms with Gasteiger partial charge in [-0.1, -0.05) is 30.3 Å². The SMILES string of the molecule is O=C(O)c1cc(F)cc(NC2(c3ccccc3)CC2)c1. The predicted octanol–water partition coefficient (Wildman–Crippen LogP) is 3.63. The van der Waals surface area contributed by atoms with Crippen LogP contribution in [0, 0.1) is 5.82 Å². The van der Waals surface area contributed by atoms with E-state index < -0.39 is 11.8 Å². The van der Waals surface area contributed by atoms with Crippen LogP contribution >= 0.6 is 0 Å². The molecular formula is C16H14FNO2. The van der Waals surface area contributed by atoms with Crippen molar-refractivity contribution in [1.82, 2.24) is 0 Å². The van der Waals surface area contributed by atoms with Crippen LogP contribution in [-0.4, -0.2) is 11.1 Å². The molecule has 2 N–H and O–H groups in total. The third-order valence-corrected chi connectivity index (χ3v) is 3.60. The average molecular weight is 271 g/mol. The zero-order valence-electron chi connectivity index (χ0n) is 10.8. The molecule has 0 atom stereocenters. The normalized spacial score (nSPS) is 15.7. The van der Waals surface area contributed by atoms with Crippen LogP contribution in [0.1, 0.15) is 28.8 Å². The minimum atomic E-state index is -1.13. The van der Waals surface area contributed by atoms with E-state index in [0.717, 1.165) is 24.5 Å². The number of hydrogen-bond acceptors (Lipinski definition) is 2. The van der Waals surface area contributed by atoms with Crippen LogP contribution in [0.5, 0.6) is 0 Å². The highest BCUT2D eigenvalue weighted by Crippen LogP contribution is 2.48. The summed E-state index contributed by atoms with van der Waals surface area (Å²) in [6.07, 6.45) is 1.91. The van der Waals surface area contributed by atoms with Gasteiger partial charge in [0.05, 0.1) is 11.1 Å². The maximum atomic E-state index is 13.5. The summed E-state index contributed by atoms with van der Waals surface area (Å²) in [6, 6.07) is 13.7. The number of carboxylic acids is 1. The Balaban J connectivity index is 1.90. The van der Waals surface area contributed by atoms with Gasteiger partial charge >= 0.3 is 5.97 Å². The van der Waals surface area contributed by atoms with Gasteiger partial charge in [0, 0.05) is 5.69 Å². The van der Waals surface area contributed by atoms with Gasteiger partial charge < -0.3 is 10.4 Å². The molecule has 20 heavy (non-hydrogen) atoms. The average Bonchev–Trinajstić information content (AvgIpc) is 3.20. The van der Waals surface area contributed by atoms with Gasteiger partial charge in [-0.05, 0) is 36.6 Å². The van der Waals surface area contributed by atoms with Crippen molar-refractivity contribution in [3.8, 4) is 0 Å². The van der Waals surface area contributed by atoms with Gasteiger partial charge in [-0.25, -0.2) is 9.18 Å². The van der Waals surface area contributed by atoms with Crippen molar-refractivity contribution in [1.29, 1.82) is 0 Å². The van der Waals surface area contributed by atoms with Crippen molar-refractivity contribution in [2.45, 2.75) is 18.4 Å². The summed E-state index contributed by atoms with van der Waals surface area (Å²) in [7, 11) is 0. The molecule has 0 radical (unpaired) electrons. The molecule has 1 aliphatic rings. The number of rotatable bonds is 4. The summed E-state index contributed by atoms with van der Waals surface area (Å²) in [6.45, 7) is 0. The van der Waals surface area contributed by atoms with Gasteiger partial charge in [0.15, 0.2) is 0 Å². The number of carbonyl (C=O) groups is 1. The van der Waals surface area contributed by atoms with Gasteiger partial charge in [0.1, 0.15) is 5.82 Å². The molecule has 102 valence electrons. The molecule has 2 aromatic carbocycles. The van der Waals surface area contributed by atoms with E-state index in [0.29, 0.717) is 5.69 Å². The van der Waals surface area contributed by atoms with E-state index in [-0.39, 0.29) is 11.1 Å². The first kappa shape index (κ1) is 12.7. The highest BCUT2D eigenvalue weighted by Gasteiger charge is 2.44. The van der Waals surface area contributed by atoms with Crippen molar-refractivity contribution >= 4 is 11.7 Å². The summed E-state index contributed by atoms with van der Waals surface area (Å²) >= 11 is 0. The van der Waals surface area contributed by atoms with Crippen molar-refractivity contribution in [2.75, 3.05) is 5.32 Å². The molecule has 3 rings (SSSR count). The van der Waals surface area contributed by atoms with E-state index in [1.54, 1.807) is 0 Å². The Morgan fingerprint density at radius 3 is 2.45 bits per heavy atom. The van der Waals surface area contributed by atoms with Crippen LogP contribution in [0.2, 0.25) is 0 Å². The smallest absolute Gasteiger partial charge is 0.335 e. The highest BCUT2D eigenvalue weighted by atomic mass is 19.1. The number of carboxylic acid groups (broad SMARTS) is 1. The lowest BCUT2D eigenvalue weighted by Crippen LogP contribution is -2.19. The molecule has 1 fully saturated rings. The quantitative estimate of drug-likeness (QED) is 0.892. The summed E-state index contributed by atoms with van der Waals surface area (Å²) in [5.74, 6) is -1.67. The lowest BCUT2D eigenvalue weighted by Gasteiger charge is -2.19. The van der Waals surface area contributed by atoms with E-state index in [1.165, 1.54) is 12.1 Å². The lowest BCUT2D eigenvalue weighted by atomic mass is 10.0. The zero-order chi connectivity index (χ0) is 14.2. The van der Waals surface area contributed by atoms with Crippen LogP contribution in [0.3, 0.4) is 0 Å². The first-order valence-corrected chi connectivity index (χ1v) is 6.47. The fourth-order valence-corrected chi connectivity index (χ4v) is 2.43. The zero-order valence-corrected chi connectivity index (χ0v) is 10.8. The lowest BCUT2D eigenvalue weighted by molar-refractivity contribution is 0.0696. The summed E-state index contributed by atoms with van der Waals surface area (Å²) in [5, 5.41) is 12.2. The molecule has 0 aliphatic heterocycles. The minimum Gasteiger partial charge on any atom is -0.478 e. The van der Waals surface area contributed by atoms with Crippen molar-refractivity contribution in [3.63, 3.8) is 0 Å². The molecular weight excluding hydrogens is 257 g/mol. The van der Waals surface area contributed by atoms with E-state index in [9.17, 15) is 9.18 Å². The van der Waals surface area contributed by atoms with Crippen LogP contribution in [0.4, 0.5) is 10.1 Å². The van der Waals surface area contributed by atoms with Gasteiger partial charge in [0.2, 0.25) is 0 Å². The summed E-state index contributed by atoms with van der Waals surface area (Å²) in [4.78, 5) is 11.0. The molecule has 0 spiro atoms. The number of anilines is 1. The van der Waals surface area contributed by atoms with Crippen molar-refractivity contribution in [3.05, 3.63) is 65.5 Å². The van der Waals surface area contributed by atoms with E-state index in [1.807, 2.05) is 30.3 Å². The largest absolute Gasteiger partial charge is 0.478 e. The van der Waals surface area contributed by atoms with E-state index in [4.69, 9.17) is 5.11 Å². The summed E-state index contributed by atoms with van der Waals surface area (Å²) in [5.41, 5.74) is 1.41. The van der Waals surface area contributed by atoms with Crippen LogP contribution < -0.4 is 5.32 Å². The van der Waals surface area contributed by atoms with Gasteiger partial charge in [-0.3, -0.25) is 0 Å². The van der Waals surface area contributed by atoms with Gasteiger partial charge in [-0.2, -0.15) is 0 Å². The van der Waals surface area contributed by atoms with Gasteiger partial charge in [-0.15, -0.1) is 0 Å². The fraction of sp³-hybridized carbons (Fsp3) is 0.188. The molecule has 1 aliphatic carbocycles. The number of halogens is 1.